The van der Waals surface area contributed by atoms with Gasteiger partial charge in [0.25, 0.3) is 0 Å². The highest BCUT2D eigenvalue weighted by Crippen LogP contribution is 2.18. The van der Waals surface area contributed by atoms with Crippen molar-refractivity contribution in [2.24, 2.45) is 0 Å². The van der Waals surface area contributed by atoms with Crippen molar-refractivity contribution in [1.82, 2.24) is 5.32 Å². The average molecular weight is 303 g/mol. The molecule has 2 aromatic rings. The smallest absolute Gasteiger partial charge is 0.319 e. The molecule has 0 spiro atoms. The fraction of sp³-hybridized carbons (Fsp3) is 0.235. The summed E-state index contributed by atoms with van der Waals surface area (Å²) in [6.07, 6.45) is 0.825. The summed E-state index contributed by atoms with van der Waals surface area (Å²) in [5.74, 6) is 0. The molecule has 0 aromatic heterocycles. The van der Waals surface area contributed by atoms with E-state index in [0.29, 0.717) is 10.7 Å². The van der Waals surface area contributed by atoms with Crippen molar-refractivity contribution in [3.63, 3.8) is 0 Å². The zero-order chi connectivity index (χ0) is 15.2. The van der Waals surface area contributed by atoms with Crippen molar-refractivity contribution in [1.29, 1.82) is 0 Å². The quantitative estimate of drug-likeness (QED) is 0.827. The SMILES string of the molecule is CC[C@@H](NC(=O)Nc1cccc(Cl)c1)c1ccc(C)cc1. The summed E-state index contributed by atoms with van der Waals surface area (Å²) in [5.41, 5.74) is 2.99. The van der Waals surface area contributed by atoms with Crippen LogP contribution >= 0.6 is 11.6 Å². The maximum Gasteiger partial charge on any atom is 0.319 e. The molecule has 0 heterocycles. The molecular formula is C17H19ClN2O. The number of anilines is 1. The monoisotopic (exact) mass is 302 g/mol. The highest BCUT2D eigenvalue weighted by molar-refractivity contribution is 6.30. The summed E-state index contributed by atoms with van der Waals surface area (Å²) in [6.45, 7) is 4.09. The van der Waals surface area contributed by atoms with Gasteiger partial charge in [-0.1, -0.05) is 54.4 Å². The minimum absolute atomic E-state index is 0.00946. The van der Waals surface area contributed by atoms with E-state index in [9.17, 15) is 4.79 Å². The Morgan fingerprint density at radius 1 is 1.19 bits per heavy atom. The van der Waals surface area contributed by atoms with Crippen LogP contribution in [0.25, 0.3) is 0 Å². The molecule has 0 bridgehead atoms. The van der Waals surface area contributed by atoms with E-state index < -0.39 is 0 Å². The van der Waals surface area contributed by atoms with E-state index in [4.69, 9.17) is 11.6 Å². The Kier molecular flexibility index (Phi) is 5.23. The van der Waals surface area contributed by atoms with E-state index in [0.717, 1.165) is 12.0 Å². The molecule has 0 fully saturated rings. The number of urea groups is 1. The summed E-state index contributed by atoms with van der Waals surface area (Å²) in [4.78, 5) is 12.1. The number of rotatable bonds is 4. The molecule has 1 atom stereocenters. The van der Waals surface area contributed by atoms with Crippen LogP contribution in [-0.2, 0) is 0 Å². The van der Waals surface area contributed by atoms with Crippen LogP contribution in [0, 0.1) is 6.92 Å². The molecule has 0 saturated carbocycles. The Balaban J connectivity index is 2.01. The van der Waals surface area contributed by atoms with Crippen molar-refractivity contribution in [3.05, 3.63) is 64.7 Å². The molecule has 0 aliphatic carbocycles. The summed E-state index contributed by atoms with van der Waals surface area (Å²) in [6, 6.07) is 15.0. The summed E-state index contributed by atoms with van der Waals surface area (Å²) in [7, 11) is 0. The number of carbonyl (C=O) groups excluding carboxylic acids is 1. The molecule has 0 radical (unpaired) electrons. The lowest BCUT2D eigenvalue weighted by Crippen LogP contribution is -2.32. The highest BCUT2D eigenvalue weighted by Gasteiger charge is 2.12. The second kappa shape index (κ2) is 7.14. The molecule has 21 heavy (non-hydrogen) atoms. The number of halogens is 1. The maximum absolute atomic E-state index is 12.1. The van der Waals surface area contributed by atoms with E-state index in [1.807, 2.05) is 26.0 Å². The number of hydrogen-bond donors (Lipinski definition) is 2. The van der Waals surface area contributed by atoms with Crippen LogP contribution in [0.4, 0.5) is 10.5 Å². The van der Waals surface area contributed by atoms with Crippen LogP contribution in [0.2, 0.25) is 5.02 Å². The van der Waals surface area contributed by atoms with Crippen LogP contribution in [0.1, 0.15) is 30.5 Å². The van der Waals surface area contributed by atoms with Gasteiger partial charge in [-0.15, -0.1) is 0 Å². The average Bonchev–Trinajstić information content (AvgIpc) is 2.46. The molecule has 0 aliphatic rings. The fourth-order valence-electron chi connectivity index (χ4n) is 2.11. The third-order valence-corrected chi connectivity index (χ3v) is 3.51. The Hall–Kier alpha value is -2.00. The van der Waals surface area contributed by atoms with Gasteiger partial charge in [-0.3, -0.25) is 0 Å². The van der Waals surface area contributed by atoms with Gasteiger partial charge in [0.05, 0.1) is 6.04 Å². The standard InChI is InChI=1S/C17H19ClN2O/c1-3-16(13-9-7-12(2)8-10-13)20-17(21)19-15-6-4-5-14(18)11-15/h4-11,16H,3H2,1-2H3,(H2,19,20,21)/t16-/m1/s1. The number of nitrogens with one attached hydrogen (secondary N) is 2. The van der Waals surface area contributed by atoms with Crippen molar-refractivity contribution in [2.45, 2.75) is 26.3 Å². The molecule has 110 valence electrons. The summed E-state index contributed by atoms with van der Waals surface area (Å²) >= 11 is 5.90. The van der Waals surface area contributed by atoms with Gasteiger partial charge in [-0.05, 0) is 37.1 Å². The number of carbonyl (C=O) groups is 1. The van der Waals surface area contributed by atoms with E-state index in [-0.39, 0.29) is 12.1 Å². The molecule has 2 amide bonds. The Labute approximate surface area is 130 Å². The van der Waals surface area contributed by atoms with Crippen molar-refractivity contribution in [2.75, 3.05) is 5.32 Å². The van der Waals surface area contributed by atoms with Crippen molar-refractivity contribution >= 4 is 23.3 Å². The van der Waals surface area contributed by atoms with Crippen LogP contribution in [-0.4, -0.2) is 6.03 Å². The second-order valence-electron chi connectivity index (χ2n) is 4.98. The Morgan fingerprint density at radius 2 is 1.90 bits per heavy atom. The predicted molar refractivity (Wildman–Crippen MR) is 87.8 cm³/mol. The van der Waals surface area contributed by atoms with E-state index in [2.05, 4.69) is 22.8 Å². The van der Waals surface area contributed by atoms with Gasteiger partial charge in [0.1, 0.15) is 0 Å². The lowest BCUT2D eigenvalue weighted by atomic mass is 10.0. The van der Waals surface area contributed by atoms with Gasteiger partial charge in [0.15, 0.2) is 0 Å². The third-order valence-electron chi connectivity index (χ3n) is 3.28. The van der Waals surface area contributed by atoms with Crippen LogP contribution in [0.5, 0.6) is 0 Å². The van der Waals surface area contributed by atoms with Gasteiger partial charge in [-0.2, -0.15) is 0 Å². The van der Waals surface area contributed by atoms with Crippen LogP contribution < -0.4 is 10.6 Å². The number of benzene rings is 2. The van der Waals surface area contributed by atoms with Gasteiger partial charge in [0, 0.05) is 10.7 Å². The van der Waals surface area contributed by atoms with Gasteiger partial charge < -0.3 is 10.6 Å². The molecular weight excluding hydrogens is 284 g/mol. The van der Waals surface area contributed by atoms with E-state index in [1.165, 1.54) is 5.56 Å². The molecule has 0 aliphatic heterocycles. The minimum atomic E-state index is -0.232. The van der Waals surface area contributed by atoms with E-state index in [1.54, 1.807) is 24.3 Å². The highest BCUT2D eigenvalue weighted by atomic mass is 35.5. The molecule has 4 heteroatoms. The Morgan fingerprint density at radius 3 is 2.52 bits per heavy atom. The first-order chi connectivity index (χ1) is 10.1. The molecule has 0 saturated heterocycles. The molecule has 3 nitrogen and oxygen atoms in total. The molecule has 2 rings (SSSR count). The lowest BCUT2D eigenvalue weighted by molar-refractivity contribution is 0.248. The maximum atomic E-state index is 12.1. The molecule has 2 N–H and O–H groups in total. The van der Waals surface area contributed by atoms with Crippen LogP contribution in [0.3, 0.4) is 0 Å². The van der Waals surface area contributed by atoms with Gasteiger partial charge in [0.2, 0.25) is 0 Å². The first-order valence-electron chi connectivity index (χ1n) is 6.98. The normalized spacial score (nSPS) is 11.8. The molecule has 2 aromatic carbocycles. The third kappa shape index (κ3) is 4.50. The number of hydrogen-bond acceptors (Lipinski definition) is 1. The van der Waals surface area contributed by atoms with Crippen molar-refractivity contribution < 1.29 is 4.79 Å². The summed E-state index contributed by atoms with van der Waals surface area (Å²) < 4.78 is 0. The van der Waals surface area contributed by atoms with Crippen molar-refractivity contribution in [3.8, 4) is 0 Å². The second-order valence-corrected chi connectivity index (χ2v) is 5.42. The topological polar surface area (TPSA) is 41.1 Å². The lowest BCUT2D eigenvalue weighted by Gasteiger charge is -2.18. The first-order valence-corrected chi connectivity index (χ1v) is 7.36. The largest absolute Gasteiger partial charge is 0.331 e. The van der Waals surface area contributed by atoms with Gasteiger partial charge >= 0.3 is 6.03 Å². The zero-order valence-corrected chi connectivity index (χ0v) is 12.9. The summed E-state index contributed by atoms with van der Waals surface area (Å²) in [5, 5.41) is 6.37. The van der Waals surface area contributed by atoms with Gasteiger partial charge in [-0.25, -0.2) is 4.79 Å². The molecule has 0 unspecified atom stereocenters. The minimum Gasteiger partial charge on any atom is -0.331 e. The Bertz CT molecular complexity index is 610. The number of aryl methyl sites for hydroxylation is 1. The predicted octanol–water partition coefficient (Wildman–Crippen LogP) is 4.92. The number of amides is 2. The van der Waals surface area contributed by atoms with E-state index >= 15 is 0 Å². The fourth-order valence-corrected chi connectivity index (χ4v) is 2.30. The van der Waals surface area contributed by atoms with Crippen LogP contribution in [0.15, 0.2) is 48.5 Å². The zero-order valence-electron chi connectivity index (χ0n) is 12.2. The first kappa shape index (κ1) is 15.4.